The Morgan fingerprint density at radius 1 is 1.10 bits per heavy atom. The van der Waals surface area contributed by atoms with Crippen LogP contribution in [0.2, 0.25) is 0 Å². The number of rotatable bonds is 9. The molecule has 7 nitrogen and oxygen atoms in total. The van der Waals surface area contributed by atoms with Crippen molar-refractivity contribution in [2.24, 2.45) is 5.92 Å². The van der Waals surface area contributed by atoms with E-state index in [0.717, 1.165) is 41.7 Å². The van der Waals surface area contributed by atoms with Crippen molar-refractivity contribution in [3.8, 4) is 0 Å². The lowest BCUT2D eigenvalue weighted by Crippen LogP contribution is -1.98. The Kier molecular flexibility index (Phi) is 5.81. The number of aryl methyl sites for hydroxylation is 2. The highest BCUT2D eigenvalue weighted by molar-refractivity contribution is 7.11. The molecule has 0 aromatic carbocycles. The Hall–Kier alpha value is -2.09. The molecule has 1 saturated carbocycles. The number of nitrogens with zero attached hydrogens (tertiary/aromatic N) is 5. The highest BCUT2D eigenvalue weighted by Crippen LogP contribution is 2.52. The first-order chi connectivity index (χ1) is 13.9. The minimum absolute atomic E-state index is 0.265. The van der Waals surface area contributed by atoms with E-state index in [4.69, 9.17) is 8.94 Å². The monoisotopic (exact) mass is 415 g/mol. The zero-order valence-corrected chi connectivity index (χ0v) is 18.6. The summed E-state index contributed by atoms with van der Waals surface area (Å²) in [4.78, 5) is 8.92. The second kappa shape index (κ2) is 8.34. The predicted octanol–water partition coefficient (Wildman–Crippen LogP) is 5.37. The van der Waals surface area contributed by atoms with Crippen LogP contribution in [0.1, 0.15) is 104 Å². The van der Waals surface area contributed by atoms with Gasteiger partial charge < -0.3 is 8.94 Å². The van der Waals surface area contributed by atoms with E-state index < -0.39 is 0 Å². The van der Waals surface area contributed by atoms with Gasteiger partial charge in [0.2, 0.25) is 5.89 Å². The molecule has 3 aromatic heterocycles. The highest BCUT2D eigenvalue weighted by atomic mass is 32.1. The summed E-state index contributed by atoms with van der Waals surface area (Å²) in [6.07, 6.45) is 5.75. The lowest BCUT2D eigenvalue weighted by molar-refractivity contribution is 0.360. The van der Waals surface area contributed by atoms with Gasteiger partial charge in [0, 0.05) is 30.1 Å². The van der Waals surface area contributed by atoms with Gasteiger partial charge in [0.25, 0.3) is 0 Å². The van der Waals surface area contributed by atoms with Crippen molar-refractivity contribution in [3.63, 3.8) is 0 Å². The zero-order valence-electron chi connectivity index (χ0n) is 17.8. The van der Waals surface area contributed by atoms with Gasteiger partial charge >= 0.3 is 0 Å². The van der Waals surface area contributed by atoms with Crippen LogP contribution in [-0.2, 0) is 6.42 Å². The molecule has 8 heteroatoms. The smallest absolute Gasteiger partial charge is 0.229 e. The maximum Gasteiger partial charge on any atom is 0.229 e. The Labute approximate surface area is 175 Å². The molecule has 4 atom stereocenters. The van der Waals surface area contributed by atoms with Gasteiger partial charge in [0.05, 0.1) is 5.69 Å². The molecule has 1 aliphatic carbocycles. The van der Waals surface area contributed by atoms with Crippen molar-refractivity contribution in [2.45, 2.75) is 84.0 Å². The van der Waals surface area contributed by atoms with E-state index in [-0.39, 0.29) is 5.92 Å². The van der Waals surface area contributed by atoms with Crippen LogP contribution in [0.15, 0.2) is 15.2 Å². The SMILES string of the molecule is Cc1coc(C(C)CC2CC2c2nnc(C(C)CCc3noc(C(C)C)n3)s2)n1. The van der Waals surface area contributed by atoms with Crippen molar-refractivity contribution in [1.82, 2.24) is 25.3 Å². The van der Waals surface area contributed by atoms with Gasteiger partial charge in [-0.15, -0.1) is 21.5 Å². The maximum absolute atomic E-state index is 5.56. The fourth-order valence-electron chi connectivity index (χ4n) is 3.63. The molecule has 0 N–H and O–H groups in total. The summed E-state index contributed by atoms with van der Waals surface area (Å²) in [5.74, 6) is 4.48. The molecule has 0 radical (unpaired) electrons. The topological polar surface area (TPSA) is 90.7 Å². The van der Waals surface area contributed by atoms with Crippen molar-refractivity contribution in [1.29, 1.82) is 0 Å². The lowest BCUT2D eigenvalue weighted by Gasteiger charge is -2.06. The molecule has 0 spiro atoms. The molecule has 3 heterocycles. The van der Waals surface area contributed by atoms with Gasteiger partial charge in [-0.25, -0.2) is 4.98 Å². The van der Waals surface area contributed by atoms with Crippen LogP contribution >= 0.6 is 11.3 Å². The summed E-state index contributed by atoms with van der Waals surface area (Å²) in [6.45, 7) is 10.5. The van der Waals surface area contributed by atoms with Crippen LogP contribution in [-0.4, -0.2) is 25.3 Å². The number of hydrogen-bond acceptors (Lipinski definition) is 8. The Balaban J connectivity index is 1.28. The number of oxazole rings is 1. The average molecular weight is 416 g/mol. The number of hydrogen-bond donors (Lipinski definition) is 0. The molecular weight excluding hydrogens is 386 g/mol. The standard InChI is InChI=1S/C21H29N5O2S/c1-11(2)18-23-17(26-28-18)7-6-12(3)20-24-25-21(29-20)16-9-15(16)8-13(4)19-22-14(5)10-27-19/h10-13,15-16H,6-9H2,1-5H3. The van der Waals surface area contributed by atoms with Crippen molar-refractivity contribution >= 4 is 11.3 Å². The second-order valence-corrected chi connectivity index (χ2v) is 9.73. The second-order valence-electron chi connectivity index (χ2n) is 8.69. The minimum atomic E-state index is 0.265. The molecule has 0 bridgehead atoms. The van der Waals surface area contributed by atoms with Crippen molar-refractivity contribution in [3.05, 3.63) is 39.6 Å². The Morgan fingerprint density at radius 3 is 2.62 bits per heavy atom. The summed E-state index contributed by atoms with van der Waals surface area (Å²) in [7, 11) is 0. The van der Waals surface area contributed by atoms with Crippen LogP contribution in [0.4, 0.5) is 0 Å². The van der Waals surface area contributed by atoms with Gasteiger partial charge in [-0.3, -0.25) is 0 Å². The Bertz CT molecular complexity index is 946. The number of aromatic nitrogens is 5. The van der Waals surface area contributed by atoms with Gasteiger partial charge in [-0.05, 0) is 32.1 Å². The fraction of sp³-hybridized carbons (Fsp3) is 0.667. The van der Waals surface area contributed by atoms with Crippen molar-refractivity contribution < 1.29 is 8.94 Å². The summed E-state index contributed by atoms with van der Waals surface area (Å²) < 4.78 is 10.8. The third-order valence-electron chi connectivity index (χ3n) is 5.61. The van der Waals surface area contributed by atoms with Crippen molar-refractivity contribution in [2.75, 3.05) is 0 Å². The summed E-state index contributed by atoms with van der Waals surface area (Å²) in [6, 6.07) is 0. The van der Waals surface area contributed by atoms with E-state index >= 15 is 0 Å². The van der Waals surface area contributed by atoms with Crippen LogP contribution in [0, 0.1) is 12.8 Å². The average Bonchev–Trinajstić information content (AvgIpc) is 3.13. The van der Waals surface area contributed by atoms with E-state index in [9.17, 15) is 0 Å². The molecule has 1 fully saturated rings. The largest absolute Gasteiger partial charge is 0.448 e. The molecule has 0 amide bonds. The van der Waals surface area contributed by atoms with Gasteiger partial charge in [0.15, 0.2) is 11.7 Å². The molecule has 1 aliphatic rings. The summed E-state index contributed by atoms with van der Waals surface area (Å²) >= 11 is 1.76. The van der Waals surface area contributed by atoms with Crippen LogP contribution < -0.4 is 0 Å². The van der Waals surface area contributed by atoms with Crippen LogP contribution in [0.3, 0.4) is 0 Å². The van der Waals surface area contributed by atoms with E-state index in [1.165, 1.54) is 11.4 Å². The first-order valence-corrected chi connectivity index (χ1v) is 11.3. The zero-order chi connectivity index (χ0) is 20.5. The van der Waals surface area contributed by atoms with E-state index in [2.05, 4.69) is 53.0 Å². The van der Waals surface area contributed by atoms with E-state index in [1.807, 2.05) is 6.92 Å². The highest BCUT2D eigenvalue weighted by Gasteiger charge is 2.42. The third kappa shape index (κ3) is 4.74. The van der Waals surface area contributed by atoms with E-state index in [1.54, 1.807) is 17.6 Å². The summed E-state index contributed by atoms with van der Waals surface area (Å²) in [5, 5.41) is 15.3. The summed E-state index contributed by atoms with van der Waals surface area (Å²) in [5.41, 5.74) is 0.947. The minimum Gasteiger partial charge on any atom is -0.448 e. The first-order valence-electron chi connectivity index (χ1n) is 10.5. The van der Waals surface area contributed by atoms with E-state index in [0.29, 0.717) is 29.6 Å². The normalized spacial score (nSPS) is 20.9. The Morgan fingerprint density at radius 2 is 1.93 bits per heavy atom. The van der Waals surface area contributed by atoms with Gasteiger partial charge in [-0.1, -0.05) is 32.9 Å². The van der Waals surface area contributed by atoms with Crippen LogP contribution in [0.5, 0.6) is 0 Å². The van der Waals surface area contributed by atoms with Gasteiger partial charge in [-0.2, -0.15) is 4.98 Å². The van der Waals surface area contributed by atoms with Gasteiger partial charge in [0.1, 0.15) is 16.3 Å². The molecule has 4 rings (SSSR count). The maximum atomic E-state index is 5.56. The third-order valence-corrected chi connectivity index (χ3v) is 6.90. The molecule has 156 valence electrons. The molecule has 4 unspecified atom stereocenters. The molecule has 3 aromatic rings. The molecule has 29 heavy (non-hydrogen) atoms. The first kappa shape index (κ1) is 20.2. The van der Waals surface area contributed by atoms with Crippen LogP contribution in [0.25, 0.3) is 0 Å². The molecular formula is C21H29N5O2S. The fourth-order valence-corrected chi connectivity index (χ4v) is 4.77. The molecule has 0 saturated heterocycles. The molecule has 0 aliphatic heterocycles. The predicted molar refractivity (Wildman–Crippen MR) is 110 cm³/mol. The lowest BCUT2D eigenvalue weighted by atomic mass is 10.0. The quantitative estimate of drug-likeness (QED) is 0.463.